The fourth-order valence-electron chi connectivity index (χ4n) is 4.45. The van der Waals surface area contributed by atoms with Gasteiger partial charge in [0, 0.05) is 18.9 Å². The van der Waals surface area contributed by atoms with Crippen LogP contribution in [0.15, 0.2) is 36.4 Å². The number of carbonyl (C=O) groups excluding carboxylic acids is 1. The Kier molecular flexibility index (Phi) is 11.4. The van der Waals surface area contributed by atoms with Gasteiger partial charge in [0.2, 0.25) is 0 Å². The van der Waals surface area contributed by atoms with Gasteiger partial charge in [0.1, 0.15) is 0 Å². The summed E-state index contributed by atoms with van der Waals surface area (Å²) in [6, 6.07) is 8.35. The van der Waals surface area contributed by atoms with Crippen LogP contribution in [0.3, 0.4) is 0 Å². The molecule has 186 valence electrons. The molecule has 0 saturated heterocycles. The van der Waals surface area contributed by atoms with Crippen LogP contribution in [0.1, 0.15) is 74.8 Å². The molecule has 1 aromatic carbocycles. The Bertz CT molecular complexity index is 722. The van der Waals surface area contributed by atoms with Gasteiger partial charge in [-0.3, -0.25) is 0 Å². The summed E-state index contributed by atoms with van der Waals surface area (Å²) >= 11 is 0. The molecule has 1 fully saturated rings. The highest BCUT2D eigenvalue weighted by Crippen LogP contribution is 2.38. The lowest BCUT2D eigenvalue weighted by atomic mass is 9.76. The molecule has 7 heteroatoms. The number of aryl methyl sites for hydroxylation is 1. The van der Waals surface area contributed by atoms with E-state index in [1.807, 2.05) is 12.1 Å². The van der Waals surface area contributed by atoms with Gasteiger partial charge in [-0.25, -0.2) is 4.79 Å². The maximum atomic E-state index is 12.2. The minimum absolute atomic E-state index is 0.0134. The van der Waals surface area contributed by atoms with Crippen molar-refractivity contribution in [2.24, 2.45) is 11.8 Å². The SMILES string of the molecule is C=C(CO)C(=O)OCC(CO)CCC1CCC(c2ccc(CCCCC(F)(F)F)cc2)CC1. The Morgan fingerprint density at radius 3 is 2.33 bits per heavy atom. The zero-order chi connectivity index (χ0) is 24.3. The van der Waals surface area contributed by atoms with E-state index in [1.165, 1.54) is 5.56 Å². The van der Waals surface area contributed by atoms with E-state index >= 15 is 0 Å². The number of unbranched alkanes of at least 4 members (excludes halogenated alkanes) is 1. The summed E-state index contributed by atoms with van der Waals surface area (Å²) in [5.74, 6) is 0.372. The van der Waals surface area contributed by atoms with Gasteiger partial charge < -0.3 is 14.9 Å². The number of hydrogen-bond donors (Lipinski definition) is 2. The van der Waals surface area contributed by atoms with E-state index in [-0.39, 0.29) is 31.1 Å². The standard InChI is InChI=1S/C26H37F3O4/c1-19(16-30)25(32)33-18-22(17-31)6-5-21-9-13-24(14-10-21)23-11-7-20(8-12-23)4-2-3-15-26(27,28)29/h7-8,11-12,21-22,24,30-31H,1-6,9-10,13-18H2. The van der Waals surface area contributed by atoms with E-state index in [0.717, 1.165) is 44.1 Å². The fraction of sp³-hybridized carbons (Fsp3) is 0.654. The first-order chi connectivity index (χ1) is 15.7. The van der Waals surface area contributed by atoms with Gasteiger partial charge >= 0.3 is 12.1 Å². The number of esters is 1. The normalized spacial score (nSPS) is 19.8. The minimum Gasteiger partial charge on any atom is -0.462 e. The predicted molar refractivity (Wildman–Crippen MR) is 122 cm³/mol. The highest BCUT2D eigenvalue weighted by molar-refractivity contribution is 5.87. The van der Waals surface area contributed by atoms with Crippen molar-refractivity contribution >= 4 is 5.97 Å². The summed E-state index contributed by atoms with van der Waals surface area (Å²) in [6.07, 6.45) is 2.82. The second-order valence-corrected chi connectivity index (χ2v) is 9.27. The Morgan fingerprint density at radius 1 is 1.09 bits per heavy atom. The Morgan fingerprint density at radius 2 is 1.76 bits per heavy atom. The molecule has 0 aliphatic heterocycles. The number of aliphatic hydroxyl groups excluding tert-OH is 2. The number of aliphatic hydroxyl groups is 2. The molecule has 0 spiro atoms. The largest absolute Gasteiger partial charge is 0.462 e. The Balaban J connectivity index is 1.68. The Hall–Kier alpha value is -1.86. The number of alkyl halides is 3. The fourth-order valence-corrected chi connectivity index (χ4v) is 4.45. The number of benzene rings is 1. The molecule has 1 atom stereocenters. The van der Waals surface area contributed by atoms with Gasteiger partial charge in [0.15, 0.2) is 0 Å². The van der Waals surface area contributed by atoms with Gasteiger partial charge in [-0.15, -0.1) is 0 Å². The van der Waals surface area contributed by atoms with E-state index in [2.05, 4.69) is 18.7 Å². The molecule has 1 unspecified atom stereocenters. The topological polar surface area (TPSA) is 66.8 Å². The number of halogens is 3. The third kappa shape index (κ3) is 10.3. The van der Waals surface area contributed by atoms with Crippen molar-refractivity contribution < 1.29 is 32.9 Å². The second-order valence-electron chi connectivity index (χ2n) is 9.27. The van der Waals surface area contributed by atoms with Crippen LogP contribution in [0.4, 0.5) is 13.2 Å². The molecule has 1 aliphatic rings. The summed E-state index contributed by atoms with van der Waals surface area (Å²) in [4.78, 5) is 11.6. The first-order valence-corrected chi connectivity index (χ1v) is 11.9. The van der Waals surface area contributed by atoms with Crippen molar-refractivity contribution in [2.45, 2.75) is 76.3 Å². The number of rotatable bonds is 13. The number of carbonyl (C=O) groups is 1. The second kappa shape index (κ2) is 13.8. The minimum atomic E-state index is -4.07. The van der Waals surface area contributed by atoms with Gasteiger partial charge in [-0.1, -0.05) is 30.8 Å². The molecular formula is C26H37F3O4. The van der Waals surface area contributed by atoms with Gasteiger partial charge in [-0.2, -0.15) is 13.2 Å². The highest BCUT2D eigenvalue weighted by atomic mass is 19.4. The molecule has 0 heterocycles. The van der Waals surface area contributed by atoms with Crippen LogP contribution in [0.5, 0.6) is 0 Å². The van der Waals surface area contributed by atoms with E-state index < -0.39 is 25.2 Å². The highest BCUT2D eigenvalue weighted by Gasteiger charge is 2.26. The maximum absolute atomic E-state index is 12.2. The summed E-state index contributed by atoms with van der Waals surface area (Å²) in [5, 5.41) is 18.5. The van der Waals surface area contributed by atoms with Gasteiger partial charge in [-0.05, 0) is 80.8 Å². The van der Waals surface area contributed by atoms with Crippen LogP contribution in [0.2, 0.25) is 0 Å². The first kappa shape index (κ1) is 27.4. The molecule has 0 amide bonds. The zero-order valence-electron chi connectivity index (χ0n) is 19.3. The maximum Gasteiger partial charge on any atom is 0.389 e. The third-order valence-electron chi connectivity index (χ3n) is 6.64. The average molecular weight is 471 g/mol. The van der Waals surface area contributed by atoms with Crippen LogP contribution in [-0.2, 0) is 16.0 Å². The van der Waals surface area contributed by atoms with Crippen LogP contribution in [0, 0.1) is 11.8 Å². The smallest absolute Gasteiger partial charge is 0.389 e. The quantitative estimate of drug-likeness (QED) is 0.220. The lowest BCUT2D eigenvalue weighted by Gasteiger charge is -2.29. The molecule has 2 rings (SSSR count). The summed E-state index contributed by atoms with van der Waals surface area (Å²) in [7, 11) is 0. The van der Waals surface area contributed by atoms with E-state index in [0.29, 0.717) is 24.7 Å². The van der Waals surface area contributed by atoms with Crippen LogP contribution < -0.4 is 0 Å². The molecule has 1 aromatic rings. The van der Waals surface area contributed by atoms with Gasteiger partial charge in [0.25, 0.3) is 0 Å². The summed E-state index contributed by atoms with van der Waals surface area (Å²) in [5.41, 5.74) is 2.41. The van der Waals surface area contributed by atoms with E-state index in [4.69, 9.17) is 9.84 Å². The van der Waals surface area contributed by atoms with Crippen molar-refractivity contribution in [3.05, 3.63) is 47.5 Å². The molecular weight excluding hydrogens is 433 g/mol. The van der Waals surface area contributed by atoms with Crippen molar-refractivity contribution in [1.82, 2.24) is 0 Å². The summed E-state index contributed by atoms with van der Waals surface area (Å²) in [6.45, 7) is 3.09. The van der Waals surface area contributed by atoms with Gasteiger partial charge in [0.05, 0.1) is 18.8 Å². The lowest BCUT2D eigenvalue weighted by Crippen LogP contribution is -2.21. The van der Waals surface area contributed by atoms with Crippen LogP contribution in [-0.4, -0.2) is 42.2 Å². The molecule has 0 bridgehead atoms. The average Bonchev–Trinajstić information content (AvgIpc) is 2.81. The predicted octanol–water partition coefficient (Wildman–Crippen LogP) is 5.72. The first-order valence-electron chi connectivity index (χ1n) is 11.9. The molecule has 4 nitrogen and oxygen atoms in total. The van der Waals surface area contributed by atoms with Crippen LogP contribution in [0.25, 0.3) is 0 Å². The molecule has 2 N–H and O–H groups in total. The van der Waals surface area contributed by atoms with Crippen molar-refractivity contribution in [2.75, 3.05) is 19.8 Å². The van der Waals surface area contributed by atoms with Crippen molar-refractivity contribution in [3.8, 4) is 0 Å². The molecule has 0 aromatic heterocycles. The number of hydrogen-bond acceptors (Lipinski definition) is 4. The van der Waals surface area contributed by atoms with E-state index in [1.54, 1.807) is 0 Å². The molecule has 1 aliphatic carbocycles. The Labute approximate surface area is 194 Å². The third-order valence-corrected chi connectivity index (χ3v) is 6.64. The zero-order valence-corrected chi connectivity index (χ0v) is 19.3. The monoisotopic (exact) mass is 470 g/mol. The molecule has 0 radical (unpaired) electrons. The van der Waals surface area contributed by atoms with Crippen molar-refractivity contribution in [1.29, 1.82) is 0 Å². The van der Waals surface area contributed by atoms with E-state index in [9.17, 15) is 23.1 Å². The van der Waals surface area contributed by atoms with Crippen molar-refractivity contribution in [3.63, 3.8) is 0 Å². The lowest BCUT2D eigenvalue weighted by molar-refractivity contribution is -0.141. The summed E-state index contributed by atoms with van der Waals surface area (Å²) < 4.78 is 41.8. The molecule has 1 saturated carbocycles. The number of ether oxygens (including phenoxy) is 1. The van der Waals surface area contributed by atoms with Crippen LogP contribution >= 0.6 is 0 Å². The molecule has 33 heavy (non-hydrogen) atoms.